The predicted molar refractivity (Wildman–Crippen MR) is 79.3 cm³/mol. The fourth-order valence-electron chi connectivity index (χ4n) is 1.63. The van der Waals surface area contributed by atoms with Gasteiger partial charge in [0.2, 0.25) is 0 Å². The Labute approximate surface area is 121 Å². The van der Waals surface area contributed by atoms with Crippen molar-refractivity contribution in [3.63, 3.8) is 0 Å². The van der Waals surface area contributed by atoms with Gasteiger partial charge in [0.05, 0.1) is 10.0 Å². The SMILES string of the molecule is CCN(CC(=O)Oc1ccccc1Cl)c1cccs1. The Bertz CT molecular complexity index is 542. The van der Waals surface area contributed by atoms with Crippen LogP contribution in [0.15, 0.2) is 41.8 Å². The first-order valence-electron chi connectivity index (χ1n) is 5.94. The van der Waals surface area contributed by atoms with Crippen LogP contribution in [0.2, 0.25) is 5.02 Å². The topological polar surface area (TPSA) is 29.5 Å². The molecule has 0 saturated carbocycles. The summed E-state index contributed by atoms with van der Waals surface area (Å²) in [5.74, 6) is 0.0831. The van der Waals surface area contributed by atoms with Gasteiger partial charge in [0.1, 0.15) is 12.3 Å². The second kappa shape index (κ2) is 6.59. The van der Waals surface area contributed by atoms with E-state index < -0.39 is 0 Å². The molecule has 100 valence electrons. The van der Waals surface area contributed by atoms with E-state index in [9.17, 15) is 4.79 Å². The van der Waals surface area contributed by atoms with Crippen LogP contribution in [0.4, 0.5) is 5.00 Å². The second-order valence-corrected chi connectivity index (χ2v) is 5.20. The third kappa shape index (κ3) is 3.72. The van der Waals surface area contributed by atoms with E-state index in [0.29, 0.717) is 10.8 Å². The molecule has 0 fully saturated rings. The van der Waals surface area contributed by atoms with Gasteiger partial charge in [0.15, 0.2) is 0 Å². The summed E-state index contributed by atoms with van der Waals surface area (Å²) in [6, 6.07) is 10.9. The molecule has 0 aliphatic carbocycles. The summed E-state index contributed by atoms with van der Waals surface area (Å²) in [6.07, 6.45) is 0. The smallest absolute Gasteiger partial charge is 0.331 e. The summed E-state index contributed by atoms with van der Waals surface area (Å²) < 4.78 is 5.27. The molecular weight excluding hydrogens is 282 g/mol. The lowest BCUT2D eigenvalue weighted by Crippen LogP contribution is -2.31. The number of hydrogen-bond acceptors (Lipinski definition) is 4. The normalized spacial score (nSPS) is 10.2. The van der Waals surface area contributed by atoms with E-state index in [2.05, 4.69) is 0 Å². The number of benzene rings is 1. The maximum absolute atomic E-state index is 11.9. The van der Waals surface area contributed by atoms with Gasteiger partial charge in [-0.1, -0.05) is 23.7 Å². The molecule has 3 nitrogen and oxygen atoms in total. The van der Waals surface area contributed by atoms with Gasteiger partial charge in [-0.25, -0.2) is 4.79 Å². The van der Waals surface area contributed by atoms with Crippen LogP contribution in [0.25, 0.3) is 0 Å². The number of carbonyl (C=O) groups excluding carboxylic acids is 1. The number of para-hydroxylation sites is 1. The average molecular weight is 296 g/mol. The molecule has 0 amide bonds. The number of halogens is 1. The fourth-order valence-corrected chi connectivity index (χ4v) is 2.60. The highest BCUT2D eigenvalue weighted by atomic mass is 35.5. The Balaban J connectivity index is 1.99. The van der Waals surface area contributed by atoms with Crippen LogP contribution in [-0.4, -0.2) is 19.1 Å². The summed E-state index contributed by atoms with van der Waals surface area (Å²) in [7, 11) is 0. The van der Waals surface area contributed by atoms with E-state index in [0.717, 1.165) is 11.5 Å². The molecule has 0 radical (unpaired) electrons. The van der Waals surface area contributed by atoms with Gasteiger partial charge >= 0.3 is 5.97 Å². The largest absolute Gasteiger partial charge is 0.424 e. The minimum atomic E-state index is -0.316. The van der Waals surface area contributed by atoms with Crippen molar-refractivity contribution in [2.75, 3.05) is 18.0 Å². The van der Waals surface area contributed by atoms with Gasteiger partial charge in [-0.15, -0.1) is 11.3 Å². The number of esters is 1. The lowest BCUT2D eigenvalue weighted by atomic mass is 10.3. The molecule has 2 rings (SSSR count). The number of ether oxygens (including phenoxy) is 1. The molecule has 1 aromatic carbocycles. The number of rotatable bonds is 5. The average Bonchev–Trinajstić information content (AvgIpc) is 2.92. The fraction of sp³-hybridized carbons (Fsp3) is 0.214. The number of anilines is 1. The molecule has 5 heteroatoms. The highest BCUT2D eigenvalue weighted by Gasteiger charge is 2.13. The number of thiophene rings is 1. The summed E-state index contributed by atoms with van der Waals surface area (Å²) in [6.45, 7) is 2.96. The summed E-state index contributed by atoms with van der Waals surface area (Å²) >= 11 is 7.55. The van der Waals surface area contributed by atoms with Crippen molar-refractivity contribution in [2.45, 2.75) is 6.92 Å². The van der Waals surface area contributed by atoms with Crippen molar-refractivity contribution >= 4 is 33.9 Å². The molecule has 0 atom stereocenters. The minimum Gasteiger partial charge on any atom is -0.424 e. The zero-order valence-corrected chi connectivity index (χ0v) is 12.1. The van der Waals surface area contributed by atoms with E-state index in [1.54, 1.807) is 35.6 Å². The van der Waals surface area contributed by atoms with Crippen molar-refractivity contribution in [3.05, 3.63) is 46.8 Å². The summed E-state index contributed by atoms with van der Waals surface area (Å²) in [5.41, 5.74) is 0. The third-order valence-corrected chi connectivity index (χ3v) is 3.82. The first-order valence-corrected chi connectivity index (χ1v) is 7.20. The highest BCUT2D eigenvalue weighted by Crippen LogP contribution is 2.24. The maximum atomic E-state index is 11.9. The molecule has 2 aromatic rings. The van der Waals surface area contributed by atoms with Crippen LogP contribution in [-0.2, 0) is 4.79 Å². The van der Waals surface area contributed by atoms with Gasteiger partial charge < -0.3 is 9.64 Å². The first-order chi connectivity index (χ1) is 9.20. The molecule has 0 aliphatic rings. The van der Waals surface area contributed by atoms with Crippen LogP contribution >= 0.6 is 22.9 Å². The monoisotopic (exact) mass is 295 g/mol. The van der Waals surface area contributed by atoms with Crippen molar-refractivity contribution in [2.24, 2.45) is 0 Å². The first kappa shape index (κ1) is 13.9. The Morgan fingerprint density at radius 3 is 2.74 bits per heavy atom. The van der Waals surface area contributed by atoms with E-state index in [-0.39, 0.29) is 12.5 Å². The highest BCUT2D eigenvalue weighted by molar-refractivity contribution is 7.14. The molecule has 1 heterocycles. The Morgan fingerprint density at radius 2 is 2.11 bits per heavy atom. The van der Waals surface area contributed by atoms with Crippen LogP contribution in [0, 0.1) is 0 Å². The molecule has 0 aliphatic heterocycles. The third-order valence-electron chi connectivity index (χ3n) is 2.58. The quantitative estimate of drug-likeness (QED) is 0.620. The van der Waals surface area contributed by atoms with Crippen LogP contribution in [0.1, 0.15) is 6.92 Å². The molecule has 0 bridgehead atoms. The van der Waals surface area contributed by atoms with Crippen LogP contribution in [0.5, 0.6) is 5.75 Å². The molecular formula is C14H14ClNO2S. The molecule has 0 saturated heterocycles. The second-order valence-electron chi connectivity index (χ2n) is 3.87. The Hall–Kier alpha value is -1.52. The van der Waals surface area contributed by atoms with Crippen molar-refractivity contribution in [1.82, 2.24) is 0 Å². The standard InChI is InChI=1S/C14H14ClNO2S/c1-2-16(13-8-5-9-19-13)10-14(17)18-12-7-4-3-6-11(12)15/h3-9H,2,10H2,1H3. The molecule has 0 spiro atoms. The zero-order valence-electron chi connectivity index (χ0n) is 10.5. The van der Waals surface area contributed by atoms with Gasteiger partial charge in [-0.2, -0.15) is 0 Å². The molecule has 19 heavy (non-hydrogen) atoms. The van der Waals surface area contributed by atoms with Crippen LogP contribution < -0.4 is 9.64 Å². The van der Waals surface area contributed by atoms with Gasteiger partial charge in [0, 0.05) is 6.54 Å². The van der Waals surface area contributed by atoms with Crippen molar-refractivity contribution in [3.8, 4) is 5.75 Å². The summed E-state index contributed by atoms with van der Waals surface area (Å²) in [5, 5.41) is 3.48. The van der Waals surface area contributed by atoms with Gasteiger partial charge in [0.25, 0.3) is 0 Å². The number of nitrogens with zero attached hydrogens (tertiary/aromatic N) is 1. The zero-order chi connectivity index (χ0) is 13.7. The van der Waals surface area contributed by atoms with E-state index >= 15 is 0 Å². The lowest BCUT2D eigenvalue weighted by molar-refractivity contribution is -0.132. The molecule has 0 unspecified atom stereocenters. The Morgan fingerprint density at radius 1 is 1.32 bits per heavy atom. The maximum Gasteiger partial charge on any atom is 0.331 e. The molecule has 0 N–H and O–H groups in total. The van der Waals surface area contributed by atoms with Crippen LogP contribution in [0.3, 0.4) is 0 Å². The Kier molecular flexibility index (Phi) is 4.82. The van der Waals surface area contributed by atoms with Crippen molar-refractivity contribution in [1.29, 1.82) is 0 Å². The lowest BCUT2D eigenvalue weighted by Gasteiger charge is -2.19. The molecule has 1 aromatic heterocycles. The van der Waals surface area contributed by atoms with Crippen molar-refractivity contribution < 1.29 is 9.53 Å². The van der Waals surface area contributed by atoms with E-state index in [1.807, 2.05) is 29.3 Å². The number of carbonyl (C=O) groups is 1. The van der Waals surface area contributed by atoms with Gasteiger partial charge in [-0.3, -0.25) is 0 Å². The number of hydrogen-bond donors (Lipinski definition) is 0. The minimum absolute atomic E-state index is 0.211. The van der Waals surface area contributed by atoms with E-state index in [4.69, 9.17) is 16.3 Å². The van der Waals surface area contributed by atoms with E-state index in [1.165, 1.54) is 0 Å². The predicted octanol–water partition coefficient (Wildman–Crippen LogP) is 3.83. The summed E-state index contributed by atoms with van der Waals surface area (Å²) in [4.78, 5) is 13.9. The van der Waals surface area contributed by atoms with Gasteiger partial charge in [-0.05, 0) is 36.6 Å². The number of likely N-dealkylation sites (N-methyl/N-ethyl adjacent to an activating group) is 1.